The number of carbonyl (C=O) groups is 2. The molecule has 2 saturated heterocycles. The number of likely N-dealkylation sites (N-methyl/N-ethyl adjacent to an activating group) is 1. The number of rotatable bonds is 5. The van der Waals surface area contributed by atoms with Gasteiger partial charge in [-0.15, -0.1) is 0 Å². The third-order valence-electron chi connectivity index (χ3n) is 4.09. The van der Waals surface area contributed by atoms with Gasteiger partial charge >= 0.3 is 0 Å². The summed E-state index contributed by atoms with van der Waals surface area (Å²) in [5, 5.41) is 3.47. The van der Waals surface area contributed by atoms with Crippen LogP contribution in [0.5, 0.6) is 0 Å². The van der Waals surface area contributed by atoms with Gasteiger partial charge in [0.15, 0.2) is 0 Å². The highest BCUT2D eigenvalue weighted by molar-refractivity contribution is 5.85. The van der Waals surface area contributed by atoms with Crippen molar-refractivity contribution in [2.75, 3.05) is 32.7 Å². The Hall–Kier alpha value is -1.10. The van der Waals surface area contributed by atoms with E-state index in [0.717, 1.165) is 39.0 Å². The number of likely N-dealkylation sites (tertiary alicyclic amines) is 1. The maximum atomic E-state index is 12.3. The van der Waals surface area contributed by atoms with Crippen LogP contribution in [0.25, 0.3) is 0 Å². The molecule has 1 unspecified atom stereocenters. The second-order valence-electron chi connectivity index (χ2n) is 5.50. The molecular formula is C14H25N3O2. The van der Waals surface area contributed by atoms with Crippen LogP contribution in [0.2, 0.25) is 0 Å². The molecule has 0 bridgehead atoms. The number of carbonyl (C=O) groups excluding carboxylic acids is 2. The Labute approximate surface area is 115 Å². The van der Waals surface area contributed by atoms with Crippen molar-refractivity contribution in [2.24, 2.45) is 0 Å². The molecule has 0 spiro atoms. The summed E-state index contributed by atoms with van der Waals surface area (Å²) in [6.07, 6.45) is 5.12. The quantitative estimate of drug-likeness (QED) is 0.793. The van der Waals surface area contributed by atoms with Gasteiger partial charge in [-0.2, -0.15) is 0 Å². The molecule has 0 radical (unpaired) electrons. The maximum Gasteiger partial charge on any atom is 0.242 e. The standard InChI is InChI=1S/C14H25N3O2/c1-2-16(10-12-6-3-4-8-15-12)14(19)11-17-9-5-7-13(17)18/h12,15H,2-11H2,1H3. The van der Waals surface area contributed by atoms with Crippen molar-refractivity contribution < 1.29 is 9.59 Å². The molecule has 0 aromatic rings. The van der Waals surface area contributed by atoms with Gasteiger partial charge in [0.1, 0.15) is 0 Å². The second-order valence-corrected chi connectivity index (χ2v) is 5.50. The SMILES string of the molecule is CCN(CC1CCCCN1)C(=O)CN1CCCC1=O. The molecule has 2 amide bonds. The van der Waals surface area contributed by atoms with Crippen LogP contribution in [0.1, 0.15) is 39.0 Å². The number of nitrogens with one attached hydrogen (secondary N) is 1. The van der Waals surface area contributed by atoms with Crippen molar-refractivity contribution >= 4 is 11.8 Å². The van der Waals surface area contributed by atoms with Gasteiger partial charge in [0.2, 0.25) is 11.8 Å². The number of hydrogen-bond donors (Lipinski definition) is 1. The van der Waals surface area contributed by atoms with Crippen molar-refractivity contribution in [3.8, 4) is 0 Å². The van der Waals surface area contributed by atoms with Crippen LogP contribution in [0.15, 0.2) is 0 Å². The van der Waals surface area contributed by atoms with Crippen molar-refractivity contribution in [1.82, 2.24) is 15.1 Å². The molecule has 108 valence electrons. The topological polar surface area (TPSA) is 52.7 Å². The minimum Gasteiger partial charge on any atom is -0.340 e. The fourth-order valence-corrected chi connectivity index (χ4v) is 2.89. The fourth-order valence-electron chi connectivity index (χ4n) is 2.89. The highest BCUT2D eigenvalue weighted by Crippen LogP contribution is 2.11. The van der Waals surface area contributed by atoms with E-state index in [9.17, 15) is 9.59 Å². The van der Waals surface area contributed by atoms with Crippen LogP contribution in [0, 0.1) is 0 Å². The van der Waals surface area contributed by atoms with E-state index in [2.05, 4.69) is 5.32 Å². The molecular weight excluding hydrogens is 242 g/mol. The Morgan fingerprint density at radius 2 is 2.26 bits per heavy atom. The maximum absolute atomic E-state index is 12.3. The van der Waals surface area contributed by atoms with Crippen molar-refractivity contribution in [1.29, 1.82) is 0 Å². The average Bonchev–Trinajstić information content (AvgIpc) is 2.82. The predicted molar refractivity (Wildman–Crippen MR) is 73.7 cm³/mol. The number of amides is 2. The third kappa shape index (κ3) is 3.93. The van der Waals surface area contributed by atoms with Gasteiger partial charge in [-0.3, -0.25) is 9.59 Å². The summed E-state index contributed by atoms with van der Waals surface area (Å²) in [5.41, 5.74) is 0. The molecule has 5 nitrogen and oxygen atoms in total. The highest BCUT2D eigenvalue weighted by Gasteiger charge is 2.25. The minimum atomic E-state index is 0.0881. The molecule has 2 aliphatic heterocycles. The Morgan fingerprint density at radius 3 is 2.84 bits per heavy atom. The van der Waals surface area contributed by atoms with E-state index in [4.69, 9.17) is 0 Å². The molecule has 2 heterocycles. The summed E-state index contributed by atoms with van der Waals surface area (Å²) in [7, 11) is 0. The molecule has 5 heteroatoms. The minimum absolute atomic E-state index is 0.0881. The summed E-state index contributed by atoms with van der Waals surface area (Å²) >= 11 is 0. The third-order valence-corrected chi connectivity index (χ3v) is 4.09. The van der Waals surface area contributed by atoms with Gasteiger partial charge in [-0.25, -0.2) is 0 Å². The van der Waals surface area contributed by atoms with Crippen LogP contribution < -0.4 is 5.32 Å². The first-order valence-electron chi connectivity index (χ1n) is 7.49. The van der Waals surface area contributed by atoms with Crippen molar-refractivity contribution in [2.45, 2.75) is 45.1 Å². The lowest BCUT2D eigenvalue weighted by Crippen LogP contribution is -2.48. The zero-order valence-electron chi connectivity index (χ0n) is 11.9. The van der Waals surface area contributed by atoms with Gasteiger partial charge in [-0.1, -0.05) is 6.42 Å². The molecule has 0 aromatic carbocycles. The van der Waals surface area contributed by atoms with Crippen LogP contribution in [0.4, 0.5) is 0 Å². The normalized spacial score (nSPS) is 23.7. The van der Waals surface area contributed by atoms with Gasteiger partial charge in [-0.05, 0) is 32.7 Å². The lowest BCUT2D eigenvalue weighted by molar-refractivity contribution is -0.138. The zero-order valence-corrected chi connectivity index (χ0v) is 11.9. The first-order chi connectivity index (χ1) is 9.20. The predicted octanol–water partition coefficient (Wildman–Crippen LogP) is 0.599. The van der Waals surface area contributed by atoms with E-state index in [1.807, 2.05) is 11.8 Å². The van der Waals surface area contributed by atoms with Crippen LogP contribution in [0.3, 0.4) is 0 Å². The summed E-state index contributed by atoms with van der Waals surface area (Å²) in [6.45, 7) is 5.56. The lowest BCUT2D eigenvalue weighted by Gasteiger charge is -2.31. The van der Waals surface area contributed by atoms with E-state index < -0.39 is 0 Å². The average molecular weight is 267 g/mol. The van der Waals surface area contributed by atoms with E-state index in [-0.39, 0.29) is 18.4 Å². The molecule has 0 aromatic heterocycles. The summed E-state index contributed by atoms with van der Waals surface area (Å²) in [4.78, 5) is 27.4. The van der Waals surface area contributed by atoms with Crippen molar-refractivity contribution in [3.63, 3.8) is 0 Å². The van der Waals surface area contributed by atoms with Crippen LogP contribution in [-0.4, -0.2) is 60.4 Å². The first kappa shape index (κ1) is 14.3. The molecule has 0 aliphatic carbocycles. The zero-order chi connectivity index (χ0) is 13.7. The molecule has 2 rings (SSSR count). The Morgan fingerprint density at radius 1 is 1.42 bits per heavy atom. The first-order valence-corrected chi connectivity index (χ1v) is 7.49. The molecule has 1 N–H and O–H groups in total. The Kier molecular flexibility index (Phi) is 5.19. The number of nitrogens with zero attached hydrogens (tertiary/aromatic N) is 2. The van der Waals surface area contributed by atoms with Gasteiger partial charge in [0.25, 0.3) is 0 Å². The Bertz CT molecular complexity index is 327. The second kappa shape index (κ2) is 6.89. The Balaban J connectivity index is 1.82. The van der Waals surface area contributed by atoms with Crippen molar-refractivity contribution in [3.05, 3.63) is 0 Å². The molecule has 2 fully saturated rings. The van der Waals surface area contributed by atoms with E-state index in [1.54, 1.807) is 4.90 Å². The molecule has 2 aliphatic rings. The highest BCUT2D eigenvalue weighted by atomic mass is 16.2. The summed E-state index contributed by atoms with van der Waals surface area (Å²) in [6, 6.07) is 0.423. The summed E-state index contributed by atoms with van der Waals surface area (Å²) in [5.74, 6) is 0.213. The molecule has 1 atom stereocenters. The van der Waals surface area contributed by atoms with Gasteiger partial charge in [0.05, 0.1) is 6.54 Å². The smallest absolute Gasteiger partial charge is 0.242 e. The number of piperidine rings is 1. The number of hydrogen-bond acceptors (Lipinski definition) is 3. The van der Waals surface area contributed by atoms with Crippen LogP contribution in [-0.2, 0) is 9.59 Å². The van der Waals surface area contributed by atoms with E-state index >= 15 is 0 Å². The van der Waals surface area contributed by atoms with Gasteiger partial charge in [0, 0.05) is 32.1 Å². The largest absolute Gasteiger partial charge is 0.340 e. The van der Waals surface area contributed by atoms with Gasteiger partial charge < -0.3 is 15.1 Å². The van der Waals surface area contributed by atoms with Crippen LogP contribution >= 0.6 is 0 Å². The monoisotopic (exact) mass is 267 g/mol. The van der Waals surface area contributed by atoms with E-state index in [0.29, 0.717) is 12.5 Å². The summed E-state index contributed by atoms with van der Waals surface area (Å²) < 4.78 is 0. The fraction of sp³-hybridized carbons (Fsp3) is 0.857. The van der Waals surface area contributed by atoms with E-state index in [1.165, 1.54) is 12.8 Å². The molecule has 0 saturated carbocycles. The lowest BCUT2D eigenvalue weighted by atomic mass is 10.0. The molecule has 19 heavy (non-hydrogen) atoms.